The zero-order valence-corrected chi connectivity index (χ0v) is 12.2. The van der Waals surface area contributed by atoms with Crippen LogP contribution in [0.1, 0.15) is 37.7 Å². The quantitative estimate of drug-likeness (QED) is 0.878. The lowest BCUT2D eigenvalue weighted by atomic mass is 9.82. The van der Waals surface area contributed by atoms with Crippen LogP contribution in [0.25, 0.3) is 0 Å². The van der Waals surface area contributed by atoms with Gasteiger partial charge in [-0.25, -0.2) is 0 Å². The van der Waals surface area contributed by atoms with E-state index in [2.05, 4.69) is 10.4 Å². The normalized spacial score (nSPS) is 17.6. The first-order valence-corrected chi connectivity index (χ1v) is 6.66. The van der Waals surface area contributed by atoms with Gasteiger partial charge in [0.1, 0.15) is 0 Å². The van der Waals surface area contributed by atoms with Crippen LogP contribution in [0, 0.1) is 6.92 Å². The van der Waals surface area contributed by atoms with Crippen LogP contribution in [0.3, 0.4) is 0 Å². The molecule has 0 radical (unpaired) electrons. The van der Waals surface area contributed by atoms with Crippen molar-refractivity contribution >= 4 is 18.3 Å². The minimum absolute atomic E-state index is 0. The Kier molecular flexibility index (Phi) is 5.82. The third kappa shape index (κ3) is 4.21. The predicted molar refractivity (Wildman–Crippen MR) is 77.2 cm³/mol. The fourth-order valence-corrected chi connectivity index (χ4v) is 2.46. The molecule has 0 unspecified atom stereocenters. The van der Waals surface area contributed by atoms with Crippen LogP contribution in [0.5, 0.6) is 0 Å². The summed E-state index contributed by atoms with van der Waals surface area (Å²) in [6.07, 6.45) is 8.70. The summed E-state index contributed by atoms with van der Waals surface area (Å²) in [5.74, 6) is -0.00826. The summed E-state index contributed by atoms with van der Waals surface area (Å²) in [6.45, 7) is 3.27. The molecule has 0 aromatic carbocycles. The van der Waals surface area contributed by atoms with Gasteiger partial charge in [0.05, 0.1) is 18.3 Å². The zero-order chi connectivity index (χ0) is 13.0. The maximum absolute atomic E-state index is 12.0. The van der Waals surface area contributed by atoms with Crippen molar-refractivity contribution in [1.82, 2.24) is 15.1 Å². The van der Waals surface area contributed by atoms with Crippen molar-refractivity contribution in [2.75, 3.05) is 6.54 Å². The molecule has 6 heteroatoms. The van der Waals surface area contributed by atoms with Gasteiger partial charge in [-0.2, -0.15) is 5.10 Å². The Morgan fingerprint density at radius 2 is 2.16 bits per heavy atom. The van der Waals surface area contributed by atoms with E-state index in [9.17, 15) is 4.79 Å². The zero-order valence-electron chi connectivity index (χ0n) is 11.4. The second-order valence-electron chi connectivity index (χ2n) is 5.25. The Labute approximate surface area is 120 Å². The summed E-state index contributed by atoms with van der Waals surface area (Å²) in [5.41, 5.74) is 6.64. The minimum Gasteiger partial charge on any atom is -0.353 e. The molecule has 0 aliphatic heterocycles. The average molecular weight is 287 g/mol. The molecule has 1 aliphatic carbocycles. The van der Waals surface area contributed by atoms with E-state index in [1.165, 1.54) is 6.42 Å². The maximum Gasteiger partial charge on any atom is 0.240 e. The highest BCUT2D eigenvalue weighted by Gasteiger charge is 2.34. The molecular formula is C13H23ClN4O. The average Bonchev–Trinajstić information content (AvgIpc) is 2.76. The molecule has 0 spiro atoms. The van der Waals surface area contributed by atoms with E-state index in [1.807, 2.05) is 24.0 Å². The van der Waals surface area contributed by atoms with Crippen molar-refractivity contribution in [2.24, 2.45) is 5.73 Å². The molecule has 2 rings (SSSR count). The summed E-state index contributed by atoms with van der Waals surface area (Å²) in [4.78, 5) is 12.0. The Morgan fingerprint density at radius 1 is 1.47 bits per heavy atom. The van der Waals surface area contributed by atoms with E-state index < -0.39 is 5.54 Å². The molecule has 1 amide bonds. The third-order valence-electron chi connectivity index (χ3n) is 3.59. The molecule has 0 bridgehead atoms. The number of hydrogen-bond acceptors (Lipinski definition) is 3. The first-order chi connectivity index (χ1) is 8.60. The molecule has 1 fully saturated rings. The number of carbonyl (C=O) groups excluding carboxylic acids is 1. The number of rotatable bonds is 4. The number of aromatic nitrogens is 2. The number of carbonyl (C=O) groups is 1. The molecule has 0 saturated heterocycles. The van der Waals surface area contributed by atoms with Gasteiger partial charge in [-0.05, 0) is 25.3 Å². The smallest absolute Gasteiger partial charge is 0.240 e. The van der Waals surface area contributed by atoms with Crippen LogP contribution in [0.15, 0.2) is 12.4 Å². The van der Waals surface area contributed by atoms with E-state index in [0.717, 1.165) is 31.2 Å². The molecule has 108 valence electrons. The van der Waals surface area contributed by atoms with Gasteiger partial charge in [-0.1, -0.05) is 19.3 Å². The number of nitrogens with one attached hydrogen (secondary N) is 1. The Morgan fingerprint density at radius 3 is 2.74 bits per heavy atom. The summed E-state index contributed by atoms with van der Waals surface area (Å²) in [7, 11) is 0. The van der Waals surface area contributed by atoms with E-state index in [-0.39, 0.29) is 18.3 Å². The van der Waals surface area contributed by atoms with Crippen LogP contribution < -0.4 is 11.1 Å². The molecular weight excluding hydrogens is 264 g/mol. The largest absolute Gasteiger partial charge is 0.353 e. The lowest BCUT2D eigenvalue weighted by molar-refractivity contribution is -0.127. The Hall–Kier alpha value is -1.07. The molecule has 5 nitrogen and oxygen atoms in total. The van der Waals surface area contributed by atoms with E-state index >= 15 is 0 Å². The van der Waals surface area contributed by atoms with Crippen LogP contribution in [0.2, 0.25) is 0 Å². The fraction of sp³-hybridized carbons (Fsp3) is 0.692. The highest BCUT2D eigenvalue weighted by atomic mass is 35.5. The standard InChI is InChI=1S/C13H22N4O.ClH/c1-11-9-16-17(10-11)8-7-15-12(18)13(14)5-3-2-4-6-13;/h9-10H,2-8,14H2,1H3,(H,15,18);1H. The number of halogens is 1. The van der Waals surface area contributed by atoms with Gasteiger partial charge in [0.25, 0.3) is 0 Å². The molecule has 19 heavy (non-hydrogen) atoms. The van der Waals surface area contributed by atoms with Crippen LogP contribution in [0.4, 0.5) is 0 Å². The highest BCUT2D eigenvalue weighted by molar-refractivity contribution is 5.86. The molecule has 1 saturated carbocycles. The predicted octanol–water partition coefficient (Wildman–Crippen LogP) is 1.39. The fourth-order valence-electron chi connectivity index (χ4n) is 2.46. The van der Waals surface area contributed by atoms with Crippen molar-refractivity contribution in [2.45, 2.75) is 51.1 Å². The second kappa shape index (κ2) is 6.91. The highest BCUT2D eigenvalue weighted by Crippen LogP contribution is 2.25. The van der Waals surface area contributed by atoms with E-state index in [1.54, 1.807) is 0 Å². The lowest BCUT2D eigenvalue weighted by Crippen LogP contribution is -2.55. The number of amides is 1. The van der Waals surface area contributed by atoms with Crippen molar-refractivity contribution in [3.05, 3.63) is 18.0 Å². The molecule has 0 atom stereocenters. The summed E-state index contributed by atoms with van der Waals surface area (Å²) < 4.78 is 1.83. The number of aryl methyl sites for hydroxylation is 1. The van der Waals surface area contributed by atoms with Crippen molar-refractivity contribution in [3.8, 4) is 0 Å². The summed E-state index contributed by atoms with van der Waals surface area (Å²) >= 11 is 0. The third-order valence-corrected chi connectivity index (χ3v) is 3.59. The molecule has 1 aromatic heterocycles. The van der Waals surface area contributed by atoms with Gasteiger partial charge in [0.15, 0.2) is 0 Å². The van der Waals surface area contributed by atoms with Gasteiger partial charge in [-0.15, -0.1) is 12.4 Å². The van der Waals surface area contributed by atoms with Crippen molar-refractivity contribution < 1.29 is 4.79 Å². The van der Waals surface area contributed by atoms with Gasteiger partial charge in [-0.3, -0.25) is 9.48 Å². The van der Waals surface area contributed by atoms with Gasteiger partial charge < -0.3 is 11.1 Å². The van der Waals surface area contributed by atoms with Crippen LogP contribution in [-0.4, -0.2) is 27.8 Å². The van der Waals surface area contributed by atoms with Crippen molar-refractivity contribution in [3.63, 3.8) is 0 Å². The Bertz CT molecular complexity index is 413. The SMILES string of the molecule is Cc1cnn(CCNC(=O)C2(N)CCCCC2)c1.Cl. The van der Waals surface area contributed by atoms with Crippen molar-refractivity contribution in [1.29, 1.82) is 0 Å². The van der Waals surface area contributed by atoms with E-state index in [4.69, 9.17) is 5.73 Å². The second-order valence-corrected chi connectivity index (χ2v) is 5.25. The molecule has 1 heterocycles. The van der Waals surface area contributed by atoms with Crippen LogP contribution >= 0.6 is 12.4 Å². The molecule has 1 aromatic rings. The van der Waals surface area contributed by atoms with E-state index in [0.29, 0.717) is 13.1 Å². The monoisotopic (exact) mass is 286 g/mol. The summed E-state index contributed by atoms with van der Waals surface area (Å²) in [6, 6.07) is 0. The van der Waals surface area contributed by atoms with Gasteiger partial charge in [0.2, 0.25) is 5.91 Å². The first kappa shape index (κ1) is 16.0. The van der Waals surface area contributed by atoms with Gasteiger partial charge in [0, 0.05) is 12.7 Å². The van der Waals surface area contributed by atoms with Gasteiger partial charge >= 0.3 is 0 Å². The van der Waals surface area contributed by atoms with Crippen LogP contribution in [-0.2, 0) is 11.3 Å². The molecule has 1 aliphatic rings. The lowest BCUT2D eigenvalue weighted by Gasteiger charge is -2.31. The topological polar surface area (TPSA) is 72.9 Å². The number of hydrogen-bond donors (Lipinski definition) is 2. The minimum atomic E-state index is -0.641. The molecule has 3 N–H and O–H groups in total. The Balaban J connectivity index is 0.00000180. The first-order valence-electron chi connectivity index (χ1n) is 6.66. The number of nitrogens with two attached hydrogens (primary N) is 1. The maximum atomic E-state index is 12.0. The number of nitrogens with zero attached hydrogens (tertiary/aromatic N) is 2. The summed E-state index contributed by atoms with van der Waals surface area (Å²) in [5, 5.41) is 7.10.